The Morgan fingerprint density at radius 3 is 2.81 bits per heavy atom. The summed E-state index contributed by atoms with van der Waals surface area (Å²) in [5.41, 5.74) is 2.30. The van der Waals surface area contributed by atoms with Crippen LogP contribution in [-0.4, -0.2) is 54.1 Å². The maximum Gasteiger partial charge on any atom is 0.191 e. The Hall–Kier alpha value is -1.88. The molecule has 2 aromatic rings. The number of aliphatic imine (C=N–C) groups is 1. The van der Waals surface area contributed by atoms with Crippen molar-refractivity contribution in [2.24, 2.45) is 4.99 Å². The number of benzene rings is 1. The first-order valence-electron chi connectivity index (χ1n) is 10.7. The first-order valence-corrected chi connectivity index (χ1v) is 10.7. The Kier molecular flexibility index (Phi) is 13.1. The SMILES string of the molecule is CCOCCCN=C(NCCn1cnnc1CC)NC(C)c1cc(C)ccc1OC.I. The van der Waals surface area contributed by atoms with Crippen molar-refractivity contribution in [2.45, 2.75) is 53.1 Å². The zero-order valence-electron chi connectivity index (χ0n) is 19.4. The number of guanidine groups is 1. The lowest BCUT2D eigenvalue weighted by Gasteiger charge is -2.21. The predicted octanol–water partition coefficient (Wildman–Crippen LogP) is 3.50. The van der Waals surface area contributed by atoms with Crippen molar-refractivity contribution in [1.29, 1.82) is 0 Å². The molecule has 31 heavy (non-hydrogen) atoms. The van der Waals surface area contributed by atoms with Crippen molar-refractivity contribution in [3.05, 3.63) is 41.5 Å². The zero-order valence-corrected chi connectivity index (χ0v) is 21.7. The van der Waals surface area contributed by atoms with Crippen LogP contribution < -0.4 is 15.4 Å². The van der Waals surface area contributed by atoms with E-state index in [1.54, 1.807) is 13.4 Å². The molecule has 2 N–H and O–H groups in total. The highest BCUT2D eigenvalue weighted by Gasteiger charge is 2.13. The molecule has 1 unspecified atom stereocenters. The van der Waals surface area contributed by atoms with E-state index in [4.69, 9.17) is 14.5 Å². The Morgan fingerprint density at radius 1 is 1.29 bits per heavy atom. The molecule has 174 valence electrons. The van der Waals surface area contributed by atoms with Crippen molar-refractivity contribution in [3.8, 4) is 5.75 Å². The molecular weight excluding hydrogens is 507 g/mol. The van der Waals surface area contributed by atoms with E-state index in [-0.39, 0.29) is 30.0 Å². The number of nitrogens with one attached hydrogen (secondary N) is 2. The molecule has 1 aromatic carbocycles. The summed E-state index contributed by atoms with van der Waals surface area (Å²) in [7, 11) is 1.70. The number of aryl methyl sites for hydroxylation is 2. The number of halogens is 1. The van der Waals surface area contributed by atoms with Crippen LogP contribution in [0.4, 0.5) is 0 Å². The number of hydrogen-bond acceptors (Lipinski definition) is 5. The van der Waals surface area contributed by atoms with Crippen LogP contribution in [0.2, 0.25) is 0 Å². The van der Waals surface area contributed by atoms with Crippen LogP contribution in [0.3, 0.4) is 0 Å². The molecule has 0 fully saturated rings. The Labute approximate surface area is 203 Å². The minimum Gasteiger partial charge on any atom is -0.496 e. The second-order valence-corrected chi connectivity index (χ2v) is 7.11. The maximum absolute atomic E-state index is 5.55. The van der Waals surface area contributed by atoms with Gasteiger partial charge >= 0.3 is 0 Å². The summed E-state index contributed by atoms with van der Waals surface area (Å²) in [5.74, 6) is 2.62. The molecule has 9 heteroatoms. The molecule has 1 aromatic heterocycles. The van der Waals surface area contributed by atoms with Crippen molar-refractivity contribution in [3.63, 3.8) is 0 Å². The van der Waals surface area contributed by atoms with E-state index in [1.807, 2.05) is 13.0 Å². The van der Waals surface area contributed by atoms with Gasteiger partial charge in [-0.1, -0.05) is 24.6 Å². The average molecular weight is 544 g/mol. The quantitative estimate of drug-likeness (QED) is 0.184. The maximum atomic E-state index is 5.55. The minimum atomic E-state index is 0. The van der Waals surface area contributed by atoms with Gasteiger partial charge in [0.25, 0.3) is 0 Å². The molecule has 0 amide bonds. The molecule has 0 aliphatic rings. The summed E-state index contributed by atoms with van der Waals surface area (Å²) < 4.78 is 13.0. The third-order valence-corrected chi connectivity index (χ3v) is 4.78. The summed E-state index contributed by atoms with van der Waals surface area (Å²) in [4.78, 5) is 4.73. The number of rotatable bonds is 12. The van der Waals surface area contributed by atoms with Gasteiger partial charge in [-0.3, -0.25) is 4.99 Å². The topological polar surface area (TPSA) is 85.6 Å². The molecule has 8 nitrogen and oxygen atoms in total. The van der Waals surface area contributed by atoms with E-state index < -0.39 is 0 Å². The minimum absolute atomic E-state index is 0. The standard InChI is InChI=1S/C22H36N6O2.HI/c1-6-21-27-25-16-28(21)13-12-24-22(23-11-8-14-30-7-2)26-18(4)19-15-17(3)9-10-20(19)29-5;/h9-10,15-16,18H,6-8,11-14H2,1-5H3,(H2,23,24,26);1H. The third kappa shape index (κ3) is 9.02. The second kappa shape index (κ2) is 15.0. The monoisotopic (exact) mass is 544 g/mol. The molecule has 1 atom stereocenters. The van der Waals surface area contributed by atoms with Crippen molar-refractivity contribution in [2.75, 3.05) is 33.4 Å². The predicted molar refractivity (Wildman–Crippen MR) is 136 cm³/mol. The summed E-state index contributed by atoms with van der Waals surface area (Å²) in [5, 5.41) is 15.1. The summed E-state index contributed by atoms with van der Waals surface area (Å²) in [6.07, 6.45) is 3.52. The zero-order chi connectivity index (χ0) is 21.8. The summed E-state index contributed by atoms with van der Waals surface area (Å²) >= 11 is 0. The highest BCUT2D eigenvalue weighted by molar-refractivity contribution is 14.0. The van der Waals surface area contributed by atoms with Gasteiger partial charge in [0, 0.05) is 44.8 Å². The molecule has 0 saturated carbocycles. The lowest BCUT2D eigenvalue weighted by atomic mass is 10.0. The molecule has 0 radical (unpaired) electrons. The van der Waals surface area contributed by atoms with E-state index in [0.717, 1.165) is 62.2 Å². The molecule has 0 aliphatic carbocycles. The van der Waals surface area contributed by atoms with Crippen molar-refractivity contribution >= 4 is 29.9 Å². The largest absolute Gasteiger partial charge is 0.496 e. The molecule has 0 bridgehead atoms. The van der Waals surface area contributed by atoms with Crippen LogP contribution in [0.1, 0.15) is 50.2 Å². The van der Waals surface area contributed by atoms with Gasteiger partial charge < -0.3 is 24.7 Å². The Balaban J connectivity index is 0.00000480. The van der Waals surface area contributed by atoms with Crippen LogP contribution in [0.5, 0.6) is 5.75 Å². The van der Waals surface area contributed by atoms with Crippen molar-refractivity contribution in [1.82, 2.24) is 25.4 Å². The lowest BCUT2D eigenvalue weighted by Crippen LogP contribution is -2.40. The third-order valence-electron chi connectivity index (χ3n) is 4.78. The van der Waals surface area contributed by atoms with Gasteiger partial charge in [-0.2, -0.15) is 0 Å². The highest BCUT2D eigenvalue weighted by Crippen LogP contribution is 2.25. The van der Waals surface area contributed by atoms with Gasteiger partial charge in [-0.25, -0.2) is 0 Å². The lowest BCUT2D eigenvalue weighted by molar-refractivity contribution is 0.146. The van der Waals surface area contributed by atoms with Crippen LogP contribution in [0, 0.1) is 6.92 Å². The molecule has 0 saturated heterocycles. The second-order valence-electron chi connectivity index (χ2n) is 7.11. The van der Waals surface area contributed by atoms with Gasteiger partial charge in [-0.05, 0) is 33.3 Å². The van der Waals surface area contributed by atoms with E-state index in [1.165, 1.54) is 5.56 Å². The normalized spacial score (nSPS) is 12.2. The fourth-order valence-corrected chi connectivity index (χ4v) is 3.16. The summed E-state index contributed by atoms with van der Waals surface area (Å²) in [6, 6.07) is 6.25. The fraction of sp³-hybridized carbons (Fsp3) is 0.591. The first-order chi connectivity index (χ1) is 14.6. The smallest absolute Gasteiger partial charge is 0.191 e. The van der Waals surface area contributed by atoms with Crippen LogP contribution in [0.25, 0.3) is 0 Å². The van der Waals surface area contributed by atoms with E-state index >= 15 is 0 Å². The molecule has 0 aliphatic heterocycles. The molecule has 0 spiro atoms. The van der Waals surface area contributed by atoms with Crippen LogP contribution in [0.15, 0.2) is 29.5 Å². The highest BCUT2D eigenvalue weighted by atomic mass is 127. The number of nitrogens with zero attached hydrogens (tertiary/aromatic N) is 4. The number of ether oxygens (including phenoxy) is 2. The van der Waals surface area contributed by atoms with Gasteiger partial charge in [-0.15, -0.1) is 34.2 Å². The Bertz CT molecular complexity index is 796. The van der Waals surface area contributed by atoms with Gasteiger partial charge in [0.05, 0.1) is 13.2 Å². The average Bonchev–Trinajstić information content (AvgIpc) is 3.20. The number of aromatic nitrogens is 3. The van der Waals surface area contributed by atoms with E-state index in [9.17, 15) is 0 Å². The van der Waals surface area contributed by atoms with E-state index in [0.29, 0.717) is 6.54 Å². The van der Waals surface area contributed by atoms with E-state index in [2.05, 4.69) is 58.3 Å². The molecule has 2 rings (SSSR count). The van der Waals surface area contributed by atoms with Crippen molar-refractivity contribution < 1.29 is 9.47 Å². The first kappa shape index (κ1) is 27.2. The van der Waals surface area contributed by atoms with Crippen LogP contribution >= 0.6 is 24.0 Å². The van der Waals surface area contributed by atoms with Gasteiger partial charge in [0.1, 0.15) is 17.9 Å². The number of hydrogen-bond donors (Lipinski definition) is 2. The van der Waals surface area contributed by atoms with Crippen LogP contribution in [-0.2, 0) is 17.7 Å². The number of methoxy groups -OCH3 is 1. The molecular formula is C22H37IN6O2. The summed E-state index contributed by atoms with van der Waals surface area (Å²) in [6.45, 7) is 11.9. The fourth-order valence-electron chi connectivity index (χ4n) is 3.16. The van der Waals surface area contributed by atoms with Gasteiger partial charge in [0.15, 0.2) is 5.96 Å². The Morgan fingerprint density at radius 2 is 2.10 bits per heavy atom. The molecule has 1 heterocycles. The van der Waals surface area contributed by atoms with Gasteiger partial charge in [0.2, 0.25) is 0 Å².